The lowest BCUT2D eigenvalue weighted by Crippen LogP contribution is -1.86. The van der Waals surface area contributed by atoms with E-state index in [1.807, 2.05) is 0 Å². The Kier molecular flexibility index (Phi) is 5.63. The second kappa shape index (κ2) is 6.79. The highest BCUT2D eigenvalue weighted by Crippen LogP contribution is 2.36. The van der Waals surface area contributed by atoms with Crippen LogP contribution in [0.1, 0.15) is 22.6 Å². The summed E-state index contributed by atoms with van der Waals surface area (Å²) in [5.74, 6) is 0. The molecule has 1 rings (SSSR count). The van der Waals surface area contributed by atoms with Crippen LogP contribution in [0.25, 0.3) is 0 Å². The molecule has 1 aromatic rings. The summed E-state index contributed by atoms with van der Waals surface area (Å²) in [6, 6.07) is 4.33. The van der Waals surface area contributed by atoms with Crippen LogP contribution in [0.3, 0.4) is 0 Å². The summed E-state index contributed by atoms with van der Waals surface area (Å²) in [5, 5.41) is 17.1. The molecule has 0 aromatic carbocycles. The molecule has 1 heterocycles. The molecule has 0 aliphatic heterocycles. The van der Waals surface area contributed by atoms with Gasteiger partial charge in [0.15, 0.2) is 0 Å². The van der Waals surface area contributed by atoms with E-state index in [9.17, 15) is 0 Å². The molecule has 0 unspecified atom stereocenters. The summed E-state index contributed by atoms with van der Waals surface area (Å²) in [5.41, 5.74) is 0. The van der Waals surface area contributed by atoms with E-state index in [1.54, 1.807) is 34.4 Å². The van der Waals surface area contributed by atoms with Crippen molar-refractivity contribution in [2.45, 2.75) is 29.2 Å². The zero-order chi connectivity index (χ0) is 11.1. The smallest absolute Gasteiger partial charge is 0.198 e. The van der Waals surface area contributed by atoms with E-state index in [2.05, 4.69) is 18.4 Å². The lowest BCUT2D eigenvalue weighted by Gasteiger charge is -1.88. The van der Waals surface area contributed by atoms with Crippen molar-refractivity contribution >= 4 is 34.4 Å². The number of nitriles is 2. The first kappa shape index (κ1) is 12.4. The average molecular weight is 255 g/mol. The van der Waals surface area contributed by atoms with Crippen molar-refractivity contribution in [1.82, 2.24) is 0 Å². The van der Waals surface area contributed by atoms with E-state index in [1.165, 1.54) is 13.3 Å². The highest BCUT2D eigenvalue weighted by Gasteiger charge is 2.21. The Morgan fingerprint density at radius 3 is 2.53 bits per heavy atom. The van der Waals surface area contributed by atoms with Crippen molar-refractivity contribution in [3.8, 4) is 12.1 Å². The molecule has 0 saturated heterocycles. The highest BCUT2D eigenvalue weighted by molar-refractivity contribution is 8.02. The van der Waals surface area contributed by atoms with Gasteiger partial charge in [-0.05, 0) is 6.26 Å². The molecule has 0 aliphatic rings. The van der Waals surface area contributed by atoms with Crippen LogP contribution < -0.4 is 0 Å². The third-order valence-electron chi connectivity index (χ3n) is 1.82. The van der Waals surface area contributed by atoms with Gasteiger partial charge in [0, 0.05) is 25.7 Å². The second-order valence-corrected chi connectivity index (χ2v) is 6.62. The van der Waals surface area contributed by atoms with Crippen molar-refractivity contribution in [2.75, 3.05) is 6.26 Å². The van der Waals surface area contributed by atoms with Gasteiger partial charge < -0.3 is 0 Å². The first-order chi connectivity index (χ1) is 7.31. The average Bonchev–Trinajstić information content (AvgIpc) is 2.66. The minimum atomic E-state index is 0.570. The lowest BCUT2D eigenvalue weighted by molar-refractivity contribution is 0.975. The number of hydrogen-bond donors (Lipinski definition) is 0. The minimum Gasteiger partial charge on any atom is -0.198 e. The number of nitrogens with zero attached hydrogens (tertiary/aromatic N) is 2. The Bertz CT molecular complexity index is 362. The highest BCUT2D eigenvalue weighted by atomic mass is 32.2. The molecule has 0 aliphatic carbocycles. The molecule has 0 amide bonds. The zero-order valence-electron chi connectivity index (χ0n) is 8.45. The third kappa shape index (κ3) is 3.79. The van der Waals surface area contributed by atoms with Gasteiger partial charge in [0.2, 0.25) is 0 Å². The summed E-state index contributed by atoms with van der Waals surface area (Å²) in [6.07, 6.45) is 4.86. The van der Waals surface area contributed by atoms with Crippen LogP contribution in [0, 0.1) is 22.7 Å². The number of rotatable bonds is 5. The summed E-state index contributed by atoms with van der Waals surface area (Å²) in [4.78, 5) is 2.59. The Labute approximate surface area is 102 Å². The van der Waals surface area contributed by atoms with E-state index in [0.717, 1.165) is 12.8 Å². The predicted octanol–water partition coefficient (Wildman–Crippen LogP) is 3.72. The molecule has 0 spiro atoms. The van der Waals surface area contributed by atoms with Crippen LogP contribution in [-0.4, -0.2) is 6.26 Å². The Hall–Kier alpha value is -0.620. The van der Waals surface area contributed by atoms with E-state index in [0.29, 0.717) is 12.8 Å². The summed E-state index contributed by atoms with van der Waals surface area (Å²) < 4.78 is 1.32. The SMILES string of the molecule is CSc1sc(CCC#N)c(CCC#N)[s+]1. The normalized spacial score (nSPS) is 9.53. The lowest BCUT2D eigenvalue weighted by atomic mass is 10.2. The van der Waals surface area contributed by atoms with Gasteiger partial charge in [-0.2, -0.15) is 10.5 Å². The molecule has 1 aromatic heterocycles. The van der Waals surface area contributed by atoms with E-state index in [4.69, 9.17) is 10.5 Å². The number of aryl methyl sites for hydroxylation is 2. The molecule has 0 bridgehead atoms. The minimum absolute atomic E-state index is 0.570. The molecule has 2 nitrogen and oxygen atoms in total. The topological polar surface area (TPSA) is 47.6 Å². The van der Waals surface area contributed by atoms with Crippen molar-refractivity contribution in [1.29, 1.82) is 10.5 Å². The van der Waals surface area contributed by atoms with Crippen LogP contribution in [-0.2, 0) is 12.8 Å². The molecule has 0 fully saturated rings. The van der Waals surface area contributed by atoms with Gasteiger partial charge in [0.25, 0.3) is 0 Å². The molecule has 0 N–H and O–H groups in total. The van der Waals surface area contributed by atoms with Crippen LogP contribution in [0.2, 0.25) is 0 Å². The number of hydrogen-bond acceptors (Lipinski definition) is 4. The largest absolute Gasteiger partial charge is 0.312 e. The van der Waals surface area contributed by atoms with Gasteiger partial charge >= 0.3 is 3.52 Å². The van der Waals surface area contributed by atoms with Gasteiger partial charge in [-0.1, -0.05) is 11.8 Å². The molecule has 0 radical (unpaired) electrons. The van der Waals surface area contributed by atoms with E-state index in [-0.39, 0.29) is 0 Å². The van der Waals surface area contributed by atoms with Crippen LogP contribution >= 0.6 is 34.4 Å². The van der Waals surface area contributed by atoms with Crippen molar-refractivity contribution in [2.24, 2.45) is 0 Å². The van der Waals surface area contributed by atoms with Gasteiger partial charge in [-0.25, -0.2) is 0 Å². The first-order valence-corrected chi connectivity index (χ1v) is 7.40. The Balaban J connectivity index is 2.77. The molecule has 5 heteroatoms. The van der Waals surface area contributed by atoms with Gasteiger partial charge in [0.05, 0.1) is 34.8 Å². The molecule has 0 saturated carbocycles. The van der Waals surface area contributed by atoms with Crippen LogP contribution in [0.5, 0.6) is 0 Å². The van der Waals surface area contributed by atoms with Crippen molar-refractivity contribution < 1.29 is 0 Å². The summed E-state index contributed by atoms with van der Waals surface area (Å²) in [7, 11) is 0. The van der Waals surface area contributed by atoms with Crippen LogP contribution in [0.15, 0.2) is 3.52 Å². The quantitative estimate of drug-likeness (QED) is 0.595. The fourth-order valence-electron chi connectivity index (χ4n) is 1.14. The second-order valence-electron chi connectivity index (χ2n) is 2.82. The van der Waals surface area contributed by atoms with E-state index < -0.39 is 0 Å². The van der Waals surface area contributed by atoms with Gasteiger partial charge in [0.1, 0.15) is 9.75 Å². The predicted molar refractivity (Wildman–Crippen MR) is 66.3 cm³/mol. The maximum Gasteiger partial charge on any atom is 0.312 e. The van der Waals surface area contributed by atoms with E-state index >= 15 is 0 Å². The molecule has 15 heavy (non-hydrogen) atoms. The molecular weight excluding hydrogens is 244 g/mol. The zero-order valence-corrected chi connectivity index (χ0v) is 10.9. The molecule has 0 atom stereocenters. The first-order valence-electron chi connectivity index (χ1n) is 4.54. The number of thioether (sulfide) groups is 1. The van der Waals surface area contributed by atoms with Gasteiger partial charge in [-0.3, -0.25) is 0 Å². The molecule has 78 valence electrons. The maximum atomic E-state index is 8.56. The van der Waals surface area contributed by atoms with Gasteiger partial charge in [-0.15, -0.1) is 0 Å². The fourth-order valence-corrected chi connectivity index (χ4v) is 4.67. The van der Waals surface area contributed by atoms with Crippen molar-refractivity contribution in [3.05, 3.63) is 9.75 Å². The van der Waals surface area contributed by atoms with Crippen LogP contribution in [0.4, 0.5) is 0 Å². The summed E-state index contributed by atoms with van der Waals surface area (Å²) >= 11 is 5.28. The Morgan fingerprint density at radius 1 is 1.27 bits per heavy atom. The Morgan fingerprint density at radius 2 is 1.93 bits per heavy atom. The van der Waals surface area contributed by atoms with Crippen molar-refractivity contribution in [3.63, 3.8) is 0 Å². The fraction of sp³-hybridized carbons (Fsp3) is 0.500. The maximum absolute atomic E-state index is 8.56. The summed E-state index contributed by atoms with van der Waals surface area (Å²) in [6.45, 7) is 0. The molecular formula is C10H11N2S3+. The third-order valence-corrected chi connectivity index (χ3v) is 6.01. The standard InChI is InChI=1S/C10H11N2S3/c1-13-10-14-8(4-2-6-11)9(15-10)5-3-7-12/h2-5H2,1H3/q+1. The monoisotopic (exact) mass is 255 g/mol.